The quantitative estimate of drug-likeness (QED) is 0.795. The first-order valence-corrected chi connectivity index (χ1v) is 6.69. The lowest BCUT2D eigenvalue weighted by Gasteiger charge is -2.10. The highest BCUT2D eigenvalue weighted by Crippen LogP contribution is 2.13. The molecule has 1 rings (SSSR count). The zero-order valence-corrected chi connectivity index (χ0v) is 10.8. The van der Waals surface area contributed by atoms with Crippen LogP contribution in [0.5, 0.6) is 0 Å². The molecule has 0 heterocycles. The number of hydrogen-bond donors (Lipinski definition) is 2. The van der Waals surface area contributed by atoms with Crippen LogP contribution in [0.1, 0.15) is 23.7 Å². The molecule has 1 amide bonds. The predicted molar refractivity (Wildman–Crippen MR) is 70.7 cm³/mol. The lowest BCUT2D eigenvalue weighted by molar-refractivity contribution is 0.0954. The van der Waals surface area contributed by atoms with Gasteiger partial charge in [-0.25, -0.2) is 4.39 Å². The van der Waals surface area contributed by atoms with Gasteiger partial charge in [0.25, 0.3) is 5.91 Å². The van der Waals surface area contributed by atoms with Crippen molar-refractivity contribution in [1.82, 2.24) is 5.32 Å². The van der Waals surface area contributed by atoms with Crippen LogP contribution in [0.4, 0.5) is 10.1 Å². The lowest BCUT2D eigenvalue weighted by atomic mass is 10.1. The number of hydrogen-bond acceptors (Lipinski definition) is 3. The van der Waals surface area contributed by atoms with Crippen LogP contribution in [0.15, 0.2) is 18.2 Å². The number of nitrogens with one attached hydrogen (secondary N) is 1. The number of anilines is 1. The minimum absolute atomic E-state index is 0.196. The number of amides is 1. The normalized spacial score (nSPS) is 12.2. The van der Waals surface area contributed by atoms with Crippen LogP contribution in [-0.4, -0.2) is 24.0 Å². The van der Waals surface area contributed by atoms with Gasteiger partial charge in [0, 0.05) is 17.5 Å². The second-order valence-electron chi connectivity index (χ2n) is 3.82. The van der Waals surface area contributed by atoms with Crippen molar-refractivity contribution in [3.63, 3.8) is 0 Å². The largest absolute Gasteiger partial charge is 0.398 e. The molecule has 0 aliphatic rings. The van der Waals surface area contributed by atoms with Gasteiger partial charge in [-0.3, -0.25) is 4.79 Å². The molecule has 1 atom stereocenters. The molecule has 94 valence electrons. The molecule has 0 spiro atoms. The van der Waals surface area contributed by atoms with Crippen LogP contribution < -0.4 is 11.1 Å². The van der Waals surface area contributed by atoms with E-state index < -0.39 is 5.82 Å². The van der Waals surface area contributed by atoms with Crippen LogP contribution in [0.3, 0.4) is 0 Å². The van der Waals surface area contributed by atoms with E-state index in [4.69, 9.17) is 5.73 Å². The first-order valence-electron chi connectivity index (χ1n) is 5.40. The van der Waals surface area contributed by atoms with E-state index in [1.807, 2.05) is 6.26 Å². The van der Waals surface area contributed by atoms with Crippen molar-refractivity contribution in [2.45, 2.75) is 18.6 Å². The first kappa shape index (κ1) is 13.8. The van der Waals surface area contributed by atoms with Crippen molar-refractivity contribution in [2.75, 3.05) is 18.5 Å². The summed E-state index contributed by atoms with van der Waals surface area (Å²) in [7, 11) is 0. The molecule has 1 aromatic rings. The van der Waals surface area contributed by atoms with Crippen molar-refractivity contribution < 1.29 is 9.18 Å². The monoisotopic (exact) mass is 256 g/mol. The number of nitrogen functional groups attached to an aromatic ring is 1. The van der Waals surface area contributed by atoms with Gasteiger partial charge in [-0.15, -0.1) is 0 Å². The number of benzene rings is 1. The summed E-state index contributed by atoms with van der Waals surface area (Å²) in [6, 6.07) is 3.79. The zero-order valence-electron chi connectivity index (χ0n) is 10.00. The van der Waals surface area contributed by atoms with E-state index >= 15 is 0 Å². The topological polar surface area (TPSA) is 55.1 Å². The summed E-state index contributed by atoms with van der Waals surface area (Å²) in [5.74, 6) is -0.780. The molecule has 0 aromatic heterocycles. The van der Waals surface area contributed by atoms with E-state index in [-0.39, 0.29) is 11.5 Å². The Morgan fingerprint density at radius 3 is 2.94 bits per heavy atom. The number of thioether (sulfide) groups is 1. The van der Waals surface area contributed by atoms with Crippen molar-refractivity contribution in [3.8, 4) is 0 Å². The van der Waals surface area contributed by atoms with Crippen LogP contribution >= 0.6 is 11.8 Å². The van der Waals surface area contributed by atoms with E-state index in [1.165, 1.54) is 12.1 Å². The Morgan fingerprint density at radius 2 is 2.29 bits per heavy atom. The fourth-order valence-corrected chi connectivity index (χ4v) is 1.68. The number of carbonyl (C=O) groups excluding carboxylic acids is 1. The number of rotatable bonds is 5. The molecule has 1 aromatic carbocycles. The van der Waals surface area contributed by atoms with Crippen LogP contribution in [-0.2, 0) is 0 Å². The Balaban J connectivity index is 2.55. The third kappa shape index (κ3) is 4.26. The SMILES string of the molecule is CSC(C)CCNC(=O)c1cc(F)ccc1N. The molecular formula is C12H17FN2OS. The van der Waals surface area contributed by atoms with Crippen LogP contribution in [0.25, 0.3) is 0 Å². The molecule has 1 unspecified atom stereocenters. The molecule has 0 saturated carbocycles. The standard InChI is InChI=1S/C12H17FN2OS/c1-8(17-2)5-6-15-12(16)10-7-9(13)3-4-11(10)14/h3-4,7-8H,5-6,14H2,1-2H3,(H,15,16). The number of carbonyl (C=O) groups is 1. The second-order valence-corrected chi connectivity index (χ2v) is 5.10. The highest BCUT2D eigenvalue weighted by atomic mass is 32.2. The maximum absolute atomic E-state index is 13.0. The molecule has 0 aliphatic heterocycles. The van der Waals surface area contributed by atoms with Gasteiger partial charge in [0.05, 0.1) is 5.56 Å². The van der Waals surface area contributed by atoms with Crippen molar-refractivity contribution in [2.24, 2.45) is 0 Å². The molecule has 3 N–H and O–H groups in total. The van der Waals surface area contributed by atoms with E-state index in [9.17, 15) is 9.18 Å². The third-order valence-electron chi connectivity index (χ3n) is 2.50. The van der Waals surface area contributed by atoms with Crippen molar-refractivity contribution in [3.05, 3.63) is 29.6 Å². The Bertz CT molecular complexity index is 398. The minimum Gasteiger partial charge on any atom is -0.398 e. The summed E-state index contributed by atoms with van der Waals surface area (Å²) in [4.78, 5) is 11.7. The Labute approximate surface area is 105 Å². The second kappa shape index (κ2) is 6.49. The molecule has 0 fully saturated rings. The summed E-state index contributed by atoms with van der Waals surface area (Å²) in [6.07, 6.45) is 2.90. The molecule has 17 heavy (non-hydrogen) atoms. The molecule has 0 radical (unpaired) electrons. The molecule has 0 saturated heterocycles. The first-order chi connectivity index (χ1) is 8.04. The lowest BCUT2D eigenvalue weighted by Crippen LogP contribution is -2.26. The smallest absolute Gasteiger partial charge is 0.253 e. The maximum Gasteiger partial charge on any atom is 0.253 e. The molecule has 0 bridgehead atoms. The van der Waals surface area contributed by atoms with E-state index in [0.29, 0.717) is 17.5 Å². The molecule has 3 nitrogen and oxygen atoms in total. The Kier molecular flexibility index (Phi) is 5.28. The third-order valence-corrected chi connectivity index (χ3v) is 3.54. The average molecular weight is 256 g/mol. The summed E-state index contributed by atoms with van der Waals surface area (Å²) in [6.45, 7) is 2.66. The van der Waals surface area contributed by atoms with Gasteiger partial charge in [0.15, 0.2) is 0 Å². The summed E-state index contributed by atoms with van der Waals surface area (Å²) >= 11 is 1.74. The Morgan fingerprint density at radius 1 is 1.59 bits per heavy atom. The predicted octanol–water partition coefficient (Wildman–Crippen LogP) is 2.28. The molecule has 0 aliphatic carbocycles. The van der Waals surface area contributed by atoms with E-state index in [2.05, 4.69) is 12.2 Å². The summed E-state index contributed by atoms with van der Waals surface area (Å²) in [5, 5.41) is 3.22. The number of halogens is 1. The molecular weight excluding hydrogens is 239 g/mol. The summed E-state index contributed by atoms with van der Waals surface area (Å²) in [5.41, 5.74) is 6.11. The van der Waals surface area contributed by atoms with Gasteiger partial charge in [-0.2, -0.15) is 11.8 Å². The van der Waals surface area contributed by atoms with Crippen LogP contribution in [0, 0.1) is 5.82 Å². The highest BCUT2D eigenvalue weighted by molar-refractivity contribution is 7.99. The van der Waals surface area contributed by atoms with E-state index in [0.717, 1.165) is 12.5 Å². The Hall–Kier alpha value is -1.23. The van der Waals surface area contributed by atoms with E-state index in [1.54, 1.807) is 11.8 Å². The van der Waals surface area contributed by atoms with Gasteiger partial charge < -0.3 is 11.1 Å². The zero-order chi connectivity index (χ0) is 12.8. The van der Waals surface area contributed by atoms with Crippen LogP contribution in [0.2, 0.25) is 0 Å². The van der Waals surface area contributed by atoms with Gasteiger partial charge in [-0.1, -0.05) is 6.92 Å². The molecule has 5 heteroatoms. The van der Waals surface area contributed by atoms with Gasteiger partial charge in [-0.05, 0) is 30.9 Å². The van der Waals surface area contributed by atoms with Gasteiger partial charge >= 0.3 is 0 Å². The summed E-state index contributed by atoms with van der Waals surface area (Å²) < 4.78 is 13.0. The minimum atomic E-state index is -0.457. The highest BCUT2D eigenvalue weighted by Gasteiger charge is 2.10. The fraction of sp³-hybridized carbons (Fsp3) is 0.417. The fourth-order valence-electron chi connectivity index (χ4n) is 1.33. The maximum atomic E-state index is 13.0. The van der Waals surface area contributed by atoms with Crippen molar-refractivity contribution in [1.29, 1.82) is 0 Å². The number of nitrogens with two attached hydrogens (primary N) is 1. The van der Waals surface area contributed by atoms with Gasteiger partial charge in [0.2, 0.25) is 0 Å². The average Bonchev–Trinajstić information content (AvgIpc) is 2.31. The van der Waals surface area contributed by atoms with Crippen molar-refractivity contribution >= 4 is 23.4 Å². The van der Waals surface area contributed by atoms with Gasteiger partial charge in [0.1, 0.15) is 5.82 Å².